The molecule has 0 saturated carbocycles. The standard InChI is InChI=1S/C39H59N5O10/c1-4-5-6-7-8-9-10-11-12-23-34(27(2)35(47)40-30-20-15-18-25-44(52)38(30)49)54-39(50)31(21-16-17-24-43(51)28(3)45)41-36(48)32-26-53-37(42-32)29-19-13-14-22-33(29)46/h13-14,19,22,26-27,30-31,34,46,51-52H,4-12,15-18,20-21,23-25H2,1-3H3,(H,40,47)(H,41,48)/t27-,30-,31-,34+/m1/s1. The second-order valence-corrected chi connectivity index (χ2v) is 14.1. The molecule has 1 aromatic heterocycles. The fourth-order valence-electron chi connectivity index (χ4n) is 6.33. The number of carbonyl (C=O) groups is 5. The monoisotopic (exact) mass is 757 g/mol. The second kappa shape index (κ2) is 23.3. The summed E-state index contributed by atoms with van der Waals surface area (Å²) in [5.74, 6) is -4.10. The van der Waals surface area contributed by atoms with Crippen LogP contribution in [0.2, 0.25) is 0 Å². The molecular weight excluding hydrogens is 698 g/mol. The SMILES string of the molecule is CCCCCCCCCCC[C@H](OC(=O)[C@@H](CCCCN(O)C(C)=O)NC(=O)c1coc(-c2ccccc2O)n1)[C@@H](C)C(=O)N[C@@H]1CCCCN(O)C1=O. The van der Waals surface area contributed by atoms with Gasteiger partial charge in [0.15, 0.2) is 5.69 Å². The predicted molar refractivity (Wildman–Crippen MR) is 198 cm³/mol. The highest BCUT2D eigenvalue weighted by molar-refractivity contribution is 5.95. The average molecular weight is 758 g/mol. The first kappa shape index (κ1) is 43.9. The van der Waals surface area contributed by atoms with Crippen LogP contribution in [-0.4, -0.2) is 91.5 Å². The molecule has 1 saturated heterocycles. The number of phenolic OH excluding ortho intramolecular Hbond substituents is 1. The van der Waals surface area contributed by atoms with Crippen LogP contribution >= 0.6 is 0 Å². The summed E-state index contributed by atoms with van der Waals surface area (Å²) in [6.07, 6.45) is 12.5. The molecule has 4 atom stereocenters. The van der Waals surface area contributed by atoms with Gasteiger partial charge in [0.05, 0.1) is 11.5 Å². The Labute approximate surface area is 317 Å². The summed E-state index contributed by atoms with van der Waals surface area (Å²) < 4.78 is 11.5. The number of nitrogens with zero attached hydrogens (tertiary/aromatic N) is 3. The summed E-state index contributed by atoms with van der Waals surface area (Å²) in [7, 11) is 0. The summed E-state index contributed by atoms with van der Waals surface area (Å²) >= 11 is 0. The normalized spacial score (nSPS) is 16.2. The third-order valence-electron chi connectivity index (χ3n) is 9.75. The van der Waals surface area contributed by atoms with Crippen molar-refractivity contribution in [1.82, 2.24) is 25.7 Å². The fourth-order valence-corrected chi connectivity index (χ4v) is 6.33. The van der Waals surface area contributed by atoms with Gasteiger partial charge in [-0.3, -0.25) is 29.6 Å². The molecule has 2 aromatic rings. The van der Waals surface area contributed by atoms with Crippen molar-refractivity contribution in [2.24, 2.45) is 5.92 Å². The molecule has 1 fully saturated rings. The number of aromatic hydroxyl groups is 1. The first-order chi connectivity index (χ1) is 25.9. The van der Waals surface area contributed by atoms with Gasteiger partial charge in [0.1, 0.15) is 30.2 Å². The van der Waals surface area contributed by atoms with E-state index in [-0.39, 0.29) is 42.4 Å². The minimum absolute atomic E-state index is 0.00183. The number of hydrogen-bond donors (Lipinski definition) is 5. The number of unbranched alkanes of at least 4 members (excludes halogenated alkanes) is 9. The molecule has 4 amide bonds. The Hall–Kier alpha value is -4.50. The van der Waals surface area contributed by atoms with E-state index in [1.54, 1.807) is 25.1 Å². The maximum Gasteiger partial charge on any atom is 0.328 e. The van der Waals surface area contributed by atoms with Crippen molar-refractivity contribution in [2.45, 2.75) is 142 Å². The zero-order valence-corrected chi connectivity index (χ0v) is 32.0. The van der Waals surface area contributed by atoms with Crippen molar-refractivity contribution in [3.05, 3.63) is 36.2 Å². The Morgan fingerprint density at radius 2 is 1.67 bits per heavy atom. The van der Waals surface area contributed by atoms with Crippen LogP contribution in [-0.2, 0) is 23.9 Å². The van der Waals surface area contributed by atoms with Gasteiger partial charge < -0.3 is 24.9 Å². The number of hydrogen-bond acceptors (Lipinski definition) is 11. The molecule has 1 aliphatic rings. The number of esters is 1. The van der Waals surface area contributed by atoms with Gasteiger partial charge >= 0.3 is 5.97 Å². The van der Waals surface area contributed by atoms with Crippen molar-refractivity contribution >= 4 is 29.6 Å². The number of benzene rings is 1. The minimum Gasteiger partial charge on any atom is -0.507 e. The molecule has 0 radical (unpaired) electrons. The van der Waals surface area contributed by atoms with E-state index in [1.165, 1.54) is 38.7 Å². The van der Waals surface area contributed by atoms with Gasteiger partial charge in [-0.05, 0) is 63.5 Å². The summed E-state index contributed by atoms with van der Waals surface area (Å²) in [6.45, 7) is 5.23. The van der Waals surface area contributed by atoms with Crippen molar-refractivity contribution in [2.75, 3.05) is 13.1 Å². The van der Waals surface area contributed by atoms with Crippen LogP contribution < -0.4 is 10.6 Å². The minimum atomic E-state index is -1.19. The molecule has 0 unspecified atom stereocenters. The van der Waals surface area contributed by atoms with Crippen molar-refractivity contribution in [1.29, 1.82) is 0 Å². The van der Waals surface area contributed by atoms with Gasteiger partial charge in [-0.1, -0.05) is 77.3 Å². The van der Waals surface area contributed by atoms with E-state index in [4.69, 9.17) is 9.15 Å². The van der Waals surface area contributed by atoms with Crippen LogP contribution in [0.4, 0.5) is 0 Å². The molecule has 0 bridgehead atoms. The molecule has 15 nitrogen and oxygen atoms in total. The lowest BCUT2D eigenvalue weighted by Crippen LogP contribution is -2.50. The van der Waals surface area contributed by atoms with Gasteiger partial charge in [0.2, 0.25) is 17.7 Å². The first-order valence-electron chi connectivity index (χ1n) is 19.5. The van der Waals surface area contributed by atoms with Gasteiger partial charge in [0.25, 0.3) is 11.8 Å². The number of para-hydroxylation sites is 1. The van der Waals surface area contributed by atoms with Crippen LogP contribution in [0.1, 0.15) is 134 Å². The molecule has 0 aliphatic carbocycles. The lowest BCUT2D eigenvalue weighted by molar-refractivity contribution is -0.167. The number of rotatable bonds is 23. The number of carbonyl (C=O) groups excluding carboxylic acids is 5. The highest BCUT2D eigenvalue weighted by atomic mass is 16.5. The maximum atomic E-state index is 13.9. The Balaban J connectivity index is 1.75. The van der Waals surface area contributed by atoms with Gasteiger partial charge in [-0.2, -0.15) is 0 Å². The Kier molecular flexibility index (Phi) is 19.0. The number of phenols is 1. The summed E-state index contributed by atoms with van der Waals surface area (Å²) in [5, 5.41) is 36.7. The first-order valence-corrected chi connectivity index (χ1v) is 19.5. The quantitative estimate of drug-likeness (QED) is 0.0389. The molecule has 1 aromatic carbocycles. The van der Waals surface area contributed by atoms with E-state index in [0.717, 1.165) is 31.9 Å². The maximum absolute atomic E-state index is 13.9. The van der Waals surface area contributed by atoms with Crippen LogP contribution in [0.5, 0.6) is 5.75 Å². The zero-order chi connectivity index (χ0) is 39.5. The largest absolute Gasteiger partial charge is 0.507 e. The molecule has 3 rings (SSSR count). The number of ether oxygens (including phenoxy) is 1. The molecule has 0 spiro atoms. The Bertz CT molecular complexity index is 1500. The predicted octanol–water partition coefficient (Wildman–Crippen LogP) is 5.91. The average Bonchev–Trinajstić information content (AvgIpc) is 3.59. The lowest BCUT2D eigenvalue weighted by Gasteiger charge is -2.28. The van der Waals surface area contributed by atoms with Crippen LogP contribution in [0, 0.1) is 5.92 Å². The van der Waals surface area contributed by atoms with Gasteiger partial charge in [0, 0.05) is 20.0 Å². The van der Waals surface area contributed by atoms with Crippen LogP contribution in [0.25, 0.3) is 11.5 Å². The molecule has 2 heterocycles. The molecule has 5 N–H and O–H groups in total. The van der Waals surface area contributed by atoms with Crippen molar-refractivity contribution in [3.63, 3.8) is 0 Å². The van der Waals surface area contributed by atoms with E-state index in [2.05, 4.69) is 22.5 Å². The Morgan fingerprint density at radius 1 is 1.00 bits per heavy atom. The fraction of sp³-hybridized carbons (Fsp3) is 0.641. The smallest absolute Gasteiger partial charge is 0.328 e. The lowest BCUT2D eigenvalue weighted by atomic mass is 9.96. The third kappa shape index (κ3) is 14.4. The second-order valence-electron chi connectivity index (χ2n) is 14.1. The third-order valence-corrected chi connectivity index (χ3v) is 9.75. The molecule has 54 heavy (non-hydrogen) atoms. The number of aromatic nitrogens is 1. The topological polar surface area (TPSA) is 212 Å². The summed E-state index contributed by atoms with van der Waals surface area (Å²) in [4.78, 5) is 69.2. The highest BCUT2D eigenvalue weighted by Gasteiger charge is 2.34. The summed E-state index contributed by atoms with van der Waals surface area (Å²) in [5.41, 5.74) is 0.129. The zero-order valence-electron chi connectivity index (χ0n) is 32.0. The van der Waals surface area contributed by atoms with Crippen LogP contribution in [0.3, 0.4) is 0 Å². The number of nitrogens with one attached hydrogen (secondary N) is 2. The van der Waals surface area contributed by atoms with Crippen LogP contribution in [0.15, 0.2) is 34.9 Å². The number of hydroxylamine groups is 4. The molecule has 300 valence electrons. The van der Waals surface area contributed by atoms with Gasteiger partial charge in [-0.25, -0.2) is 19.9 Å². The highest BCUT2D eigenvalue weighted by Crippen LogP contribution is 2.28. The van der Waals surface area contributed by atoms with E-state index in [9.17, 15) is 39.5 Å². The van der Waals surface area contributed by atoms with E-state index in [1.807, 2.05) is 0 Å². The molecule has 1 aliphatic heterocycles. The van der Waals surface area contributed by atoms with E-state index < -0.39 is 53.7 Å². The number of amides is 4. The van der Waals surface area contributed by atoms with Crippen molar-refractivity contribution < 1.29 is 48.6 Å². The molecule has 15 heteroatoms. The van der Waals surface area contributed by atoms with Crippen molar-refractivity contribution in [3.8, 4) is 17.2 Å². The Morgan fingerprint density at radius 3 is 2.35 bits per heavy atom. The van der Waals surface area contributed by atoms with E-state index >= 15 is 0 Å². The summed E-state index contributed by atoms with van der Waals surface area (Å²) in [6, 6.07) is 4.23. The van der Waals surface area contributed by atoms with Gasteiger partial charge in [-0.15, -0.1) is 0 Å². The molecular formula is C39H59N5O10. The van der Waals surface area contributed by atoms with E-state index in [0.29, 0.717) is 55.1 Å². The number of oxazole rings is 1.